The molecule has 2 heterocycles. The van der Waals surface area contributed by atoms with Crippen molar-refractivity contribution in [2.24, 2.45) is 0 Å². The highest BCUT2D eigenvalue weighted by molar-refractivity contribution is 5.85. The van der Waals surface area contributed by atoms with E-state index < -0.39 is 0 Å². The van der Waals surface area contributed by atoms with E-state index in [1.54, 1.807) is 10.7 Å². The van der Waals surface area contributed by atoms with Crippen LogP contribution < -0.4 is 5.73 Å². The summed E-state index contributed by atoms with van der Waals surface area (Å²) in [6.45, 7) is 3.89. The molecule has 5 heteroatoms. The summed E-state index contributed by atoms with van der Waals surface area (Å²) < 4.78 is 7.31. The third-order valence-electron chi connectivity index (χ3n) is 2.63. The average Bonchev–Trinajstić information content (AvgIpc) is 2.82. The van der Waals surface area contributed by atoms with Gasteiger partial charge in [0.25, 0.3) is 0 Å². The van der Waals surface area contributed by atoms with Crippen molar-refractivity contribution < 1.29 is 4.42 Å². The van der Waals surface area contributed by atoms with Gasteiger partial charge in [0.05, 0.1) is 11.4 Å². The number of aryl methyl sites for hydroxylation is 2. The lowest BCUT2D eigenvalue weighted by molar-refractivity contribution is 0.537. The Labute approximate surface area is 97.9 Å². The summed E-state index contributed by atoms with van der Waals surface area (Å²) in [5, 5.41) is 4.32. The second-order valence-electron chi connectivity index (χ2n) is 4.03. The first-order valence-corrected chi connectivity index (χ1v) is 5.34. The molecular weight excluding hydrogens is 216 g/mol. The van der Waals surface area contributed by atoms with Gasteiger partial charge in [-0.05, 0) is 32.0 Å². The largest absolute Gasteiger partial charge is 0.422 e. The Hall–Kier alpha value is -2.30. The molecule has 0 unspecified atom stereocenters. The topological polar surface area (TPSA) is 69.9 Å². The van der Waals surface area contributed by atoms with Gasteiger partial charge in [-0.25, -0.2) is 0 Å². The number of hydrogen-bond donors (Lipinski definition) is 1. The van der Waals surface area contributed by atoms with Crippen LogP contribution in [-0.2, 0) is 0 Å². The van der Waals surface area contributed by atoms with Crippen molar-refractivity contribution in [3.63, 3.8) is 0 Å². The Bertz CT molecular complexity index is 696. The molecule has 0 aliphatic rings. The second kappa shape index (κ2) is 3.35. The minimum atomic E-state index is 0.448. The van der Waals surface area contributed by atoms with Crippen molar-refractivity contribution >= 4 is 16.8 Å². The number of nitrogens with two attached hydrogens (primary N) is 1. The number of aromatic nitrogens is 3. The fraction of sp³-hybridized carbons (Fsp3) is 0.167. The van der Waals surface area contributed by atoms with Crippen LogP contribution in [0.15, 0.2) is 28.7 Å². The molecule has 2 N–H and O–H groups in total. The molecule has 2 aromatic heterocycles. The lowest BCUT2D eigenvalue weighted by Crippen LogP contribution is -1.98. The van der Waals surface area contributed by atoms with Gasteiger partial charge in [0, 0.05) is 5.69 Å². The van der Waals surface area contributed by atoms with Gasteiger partial charge < -0.3 is 10.2 Å². The minimum absolute atomic E-state index is 0.448. The van der Waals surface area contributed by atoms with Gasteiger partial charge in [0.1, 0.15) is 5.52 Å². The predicted octanol–water partition coefficient (Wildman–Crippen LogP) is 2.21. The van der Waals surface area contributed by atoms with Crippen LogP contribution in [0.25, 0.3) is 17.1 Å². The molecule has 17 heavy (non-hydrogen) atoms. The summed E-state index contributed by atoms with van der Waals surface area (Å²) in [5.41, 5.74) is 9.71. The number of anilines is 1. The highest BCUT2D eigenvalue weighted by atomic mass is 16.4. The maximum atomic E-state index is 5.84. The molecule has 0 radical (unpaired) electrons. The van der Waals surface area contributed by atoms with E-state index in [1.165, 1.54) is 0 Å². The van der Waals surface area contributed by atoms with Crippen molar-refractivity contribution in [1.29, 1.82) is 0 Å². The van der Waals surface area contributed by atoms with Crippen LogP contribution in [0.4, 0.5) is 5.69 Å². The van der Waals surface area contributed by atoms with Crippen LogP contribution >= 0.6 is 0 Å². The Morgan fingerprint density at radius 2 is 2.12 bits per heavy atom. The monoisotopic (exact) mass is 228 g/mol. The first kappa shape index (κ1) is 9.89. The maximum Gasteiger partial charge on any atom is 0.324 e. The average molecular weight is 228 g/mol. The smallest absolute Gasteiger partial charge is 0.324 e. The number of nitrogen functional groups attached to an aromatic ring is 1. The van der Waals surface area contributed by atoms with Gasteiger partial charge in [0.2, 0.25) is 0 Å². The molecular formula is C12H12N4O. The number of oxazole rings is 1. The van der Waals surface area contributed by atoms with Gasteiger partial charge in [-0.15, -0.1) is 0 Å². The van der Waals surface area contributed by atoms with E-state index in [9.17, 15) is 0 Å². The van der Waals surface area contributed by atoms with E-state index >= 15 is 0 Å². The highest BCUT2D eigenvalue weighted by Gasteiger charge is 2.12. The molecule has 0 bridgehead atoms. The number of fused-ring (bicyclic) bond motifs is 1. The van der Waals surface area contributed by atoms with Crippen molar-refractivity contribution in [2.45, 2.75) is 13.8 Å². The predicted molar refractivity (Wildman–Crippen MR) is 65.0 cm³/mol. The molecule has 3 rings (SSSR count). The zero-order chi connectivity index (χ0) is 12.0. The standard InChI is InChI=1S/C12H12N4O/c1-7-6-8(2)16(15-7)12-14-11-9(13)4-3-5-10(11)17-12/h3-6H,13H2,1-2H3. The number of benzene rings is 1. The fourth-order valence-electron chi connectivity index (χ4n) is 1.87. The van der Waals surface area contributed by atoms with Gasteiger partial charge in [-0.1, -0.05) is 6.07 Å². The Morgan fingerprint density at radius 1 is 1.29 bits per heavy atom. The Kier molecular flexibility index (Phi) is 1.95. The van der Waals surface area contributed by atoms with Crippen LogP contribution in [0, 0.1) is 13.8 Å². The van der Waals surface area contributed by atoms with E-state index in [1.807, 2.05) is 32.0 Å². The lowest BCUT2D eigenvalue weighted by atomic mass is 10.3. The summed E-state index contributed by atoms with van der Waals surface area (Å²) in [6, 6.07) is 7.90. The third-order valence-corrected chi connectivity index (χ3v) is 2.63. The zero-order valence-corrected chi connectivity index (χ0v) is 9.64. The van der Waals surface area contributed by atoms with Crippen LogP contribution in [0.2, 0.25) is 0 Å². The van der Waals surface area contributed by atoms with E-state index in [4.69, 9.17) is 10.2 Å². The highest BCUT2D eigenvalue weighted by Crippen LogP contribution is 2.23. The summed E-state index contributed by atoms with van der Waals surface area (Å²) in [4.78, 5) is 4.37. The van der Waals surface area contributed by atoms with Crippen molar-refractivity contribution in [2.75, 3.05) is 5.73 Å². The molecule has 5 nitrogen and oxygen atoms in total. The molecule has 86 valence electrons. The number of rotatable bonds is 1. The molecule has 3 aromatic rings. The van der Waals surface area contributed by atoms with E-state index in [-0.39, 0.29) is 0 Å². The molecule has 0 saturated heterocycles. The minimum Gasteiger partial charge on any atom is -0.422 e. The van der Waals surface area contributed by atoms with Gasteiger partial charge in [-0.3, -0.25) is 0 Å². The zero-order valence-electron chi connectivity index (χ0n) is 9.64. The Balaban J connectivity index is 2.25. The van der Waals surface area contributed by atoms with Gasteiger partial charge in [0.15, 0.2) is 5.58 Å². The molecule has 0 fully saturated rings. The first-order valence-electron chi connectivity index (χ1n) is 5.34. The number of para-hydroxylation sites is 1. The van der Waals surface area contributed by atoms with Crippen molar-refractivity contribution in [3.05, 3.63) is 35.7 Å². The summed E-state index contributed by atoms with van der Waals surface area (Å²) in [7, 11) is 0. The third kappa shape index (κ3) is 1.47. The van der Waals surface area contributed by atoms with Crippen LogP contribution in [0.3, 0.4) is 0 Å². The quantitative estimate of drug-likeness (QED) is 0.648. The van der Waals surface area contributed by atoms with Crippen LogP contribution in [-0.4, -0.2) is 14.8 Å². The first-order chi connectivity index (χ1) is 8.15. The normalized spacial score (nSPS) is 11.2. The van der Waals surface area contributed by atoms with Gasteiger partial charge in [-0.2, -0.15) is 14.8 Å². The van der Waals surface area contributed by atoms with Gasteiger partial charge >= 0.3 is 6.01 Å². The number of hydrogen-bond acceptors (Lipinski definition) is 4. The molecule has 0 saturated carbocycles. The summed E-state index contributed by atoms with van der Waals surface area (Å²) >= 11 is 0. The second-order valence-corrected chi connectivity index (χ2v) is 4.03. The van der Waals surface area contributed by atoms with Crippen molar-refractivity contribution in [3.8, 4) is 6.01 Å². The van der Waals surface area contributed by atoms with Crippen molar-refractivity contribution in [1.82, 2.24) is 14.8 Å². The van der Waals surface area contributed by atoms with Crippen LogP contribution in [0.5, 0.6) is 0 Å². The van der Waals surface area contributed by atoms with E-state index in [0.717, 1.165) is 11.4 Å². The molecule has 0 aliphatic heterocycles. The lowest BCUT2D eigenvalue weighted by Gasteiger charge is -1.95. The van der Waals surface area contributed by atoms with Crippen LogP contribution in [0.1, 0.15) is 11.4 Å². The molecule has 1 aromatic carbocycles. The van der Waals surface area contributed by atoms with E-state index in [0.29, 0.717) is 22.8 Å². The fourth-order valence-corrected chi connectivity index (χ4v) is 1.87. The molecule has 0 atom stereocenters. The maximum absolute atomic E-state index is 5.84. The van der Waals surface area contributed by atoms with E-state index in [2.05, 4.69) is 10.1 Å². The molecule has 0 aliphatic carbocycles. The number of nitrogens with zero attached hydrogens (tertiary/aromatic N) is 3. The molecule has 0 spiro atoms. The summed E-state index contributed by atoms with van der Waals surface area (Å²) in [6.07, 6.45) is 0. The molecule has 0 amide bonds. The SMILES string of the molecule is Cc1cc(C)n(-c2nc3c(N)cccc3o2)n1. The summed E-state index contributed by atoms with van der Waals surface area (Å²) in [5.74, 6) is 0. The Morgan fingerprint density at radius 3 is 2.76 bits per heavy atom.